The number of rotatable bonds is 6. The molecule has 2 fully saturated rings. The maximum Gasteiger partial charge on any atom is 0.191 e. The van der Waals surface area contributed by atoms with Crippen LogP contribution in [0.1, 0.15) is 30.2 Å². The predicted molar refractivity (Wildman–Crippen MR) is 103 cm³/mol. The van der Waals surface area contributed by atoms with Gasteiger partial charge in [-0.25, -0.2) is 0 Å². The minimum atomic E-state index is 0.462. The first-order valence-corrected chi connectivity index (χ1v) is 10.0. The summed E-state index contributed by atoms with van der Waals surface area (Å²) in [6.07, 6.45) is 3.93. The lowest BCUT2D eigenvalue weighted by Gasteiger charge is -2.27. The molecular weight excluding hydrogens is 318 g/mol. The van der Waals surface area contributed by atoms with E-state index in [9.17, 15) is 0 Å². The third-order valence-electron chi connectivity index (χ3n) is 5.19. The Balaban J connectivity index is 1.50. The monoisotopic (exact) mass is 349 g/mol. The second-order valence-corrected chi connectivity index (χ2v) is 8.00. The normalized spacial score (nSPS) is 24.4. The number of thiophene rings is 1. The van der Waals surface area contributed by atoms with Crippen molar-refractivity contribution in [3.63, 3.8) is 0 Å². The second-order valence-electron chi connectivity index (χ2n) is 7.03. The van der Waals surface area contributed by atoms with Crippen LogP contribution in [0.4, 0.5) is 0 Å². The molecule has 6 heteroatoms. The molecule has 2 aliphatic rings. The molecule has 5 nitrogen and oxygen atoms in total. The van der Waals surface area contributed by atoms with E-state index in [0.29, 0.717) is 6.04 Å². The van der Waals surface area contributed by atoms with Gasteiger partial charge >= 0.3 is 0 Å². The zero-order valence-electron chi connectivity index (χ0n) is 15.0. The van der Waals surface area contributed by atoms with Crippen molar-refractivity contribution in [2.75, 3.05) is 53.4 Å². The average molecular weight is 350 g/mol. The third kappa shape index (κ3) is 4.71. The van der Waals surface area contributed by atoms with Crippen LogP contribution in [0.3, 0.4) is 0 Å². The molecular formula is C18H31N5S. The van der Waals surface area contributed by atoms with Gasteiger partial charge in [0.05, 0.1) is 6.04 Å². The highest BCUT2D eigenvalue weighted by Crippen LogP contribution is 2.27. The summed E-state index contributed by atoms with van der Waals surface area (Å²) < 4.78 is 0. The van der Waals surface area contributed by atoms with Gasteiger partial charge in [-0.15, -0.1) is 11.3 Å². The lowest BCUT2D eigenvalue weighted by atomic mass is 10.1. The molecule has 2 atom stereocenters. The molecule has 1 aromatic heterocycles. The van der Waals surface area contributed by atoms with Crippen LogP contribution in [0.25, 0.3) is 0 Å². The van der Waals surface area contributed by atoms with Crippen molar-refractivity contribution in [2.45, 2.75) is 25.3 Å². The van der Waals surface area contributed by atoms with Gasteiger partial charge in [-0.3, -0.25) is 9.89 Å². The van der Waals surface area contributed by atoms with Crippen molar-refractivity contribution in [2.24, 2.45) is 10.9 Å². The van der Waals surface area contributed by atoms with Crippen LogP contribution in [0.15, 0.2) is 22.5 Å². The Morgan fingerprint density at radius 2 is 2.17 bits per heavy atom. The number of nitrogens with zero attached hydrogens (tertiary/aromatic N) is 3. The summed E-state index contributed by atoms with van der Waals surface area (Å²) in [5.41, 5.74) is 0. The standard InChI is InChI=1S/C18H31N5S/c1-19-18(20-12-15-7-10-22(2)14-15)21-13-16(17-6-5-11-24-17)23-8-3-4-9-23/h5-6,11,15-16H,3-4,7-10,12-14H2,1-2H3,(H2,19,20,21). The van der Waals surface area contributed by atoms with Gasteiger partial charge in [0, 0.05) is 31.6 Å². The molecule has 0 saturated carbocycles. The van der Waals surface area contributed by atoms with Crippen molar-refractivity contribution in [1.82, 2.24) is 20.4 Å². The molecule has 0 bridgehead atoms. The Bertz CT molecular complexity index is 509. The van der Waals surface area contributed by atoms with E-state index in [-0.39, 0.29) is 0 Å². The van der Waals surface area contributed by atoms with Crippen LogP contribution in [-0.2, 0) is 0 Å². The fourth-order valence-electron chi connectivity index (χ4n) is 3.79. The molecule has 0 aromatic carbocycles. The quantitative estimate of drug-likeness (QED) is 0.609. The van der Waals surface area contributed by atoms with Crippen LogP contribution < -0.4 is 10.6 Å². The number of aliphatic imine (C=N–C) groups is 1. The topological polar surface area (TPSA) is 42.9 Å². The van der Waals surface area contributed by atoms with Gasteiger partial charge in [-0.05, 0) is 63.3 Å². The Morgan fingerprint density at radius 1 is 1.33 bits per heavy atom. The van der Waals surface area contributed by atoms with Gasteiger partial charge < -0.3 is 15.5 Å². The summed E-state index contributed by atoms with van der Waals surface area (Å²) in [4.78, 5) is 10.9. The molecule has 2 aliphatic heterocycles. The molecule has 3 rings (SSSR count). The van der Waals surface area contributed by atoms with E-state index in [4.69, 9.17) is 0 Å². The fraction of sp³-hybridized carbons (Fsp3) is 0.722. The van der Waals surface area contributed by atoms with Gasteiger partial charge in [0.25, 0.3) is 0 Å². The first-order valence-electron chi connectivity index (χ1n) is 9.17. The maximum atomic E-state index is 4.41. The zero-order chi connectivity index (χ0) is 16.8. The number of hydrogen-bond donors (Lipinski definition) is 2. The second kappa shape index (κ2) is 8.83. The predicted octanol–water partition coefficient (Wildman–Crippen LogP) is 2.00. The SMILES string of the molecule is CN=C(NCC1CCN(C)C1)NCC(c1cccs1)N1CCCC1. The van der Waals surface area contributed by atoms with Crippen LogP contribution in [0.2, 0.25) is 0 Å². The molecule has 3 heterocycles. The van der Waals surface area contributed by atoms with Crippen LogP contribution in [0, 0.1) is 5.92 Å². The first kappa shape index (κ1) is 17.7. The fourth-order valence-corrected chi connectivity index (χ4v) is 4.65. The van der Waals surface area contributed by atoms with E-state index < -0.39 is 0 Å². The summed E-state index contributed by atoms with van der Waals surface area (Å²) in [6, 6.07) is 4.88. The van der Waals surface area contributed by atoms with E-state index in [1.807, 2.05) is 18.4 Å². The molecule has 1 aromatic rings. The van der Waals surface area contributed by atoms with E-state index in [0.717, 1.165) is 25.0 Å². The van der Waals surface area contributed by atoms with Gasteiger partial charge in [0.15, 0.2) is 5.96 Å². The number of hydrogen-bond acceptors (Lipinski definition) is 4. The van der Waals surface area contributed by atoms with E-state index in [1.165, 1.54) is 50.3 Å². The van der Waals surface area contributed by atoms with E-state index >= 15 is 0 Å². The van der Waals surface area contributed by atoms with Gasteiger partial charge in [-0.2, -0.15) is 0 Å². The van der Waals surface area contributed by atoms with E-state index in [1.54, 1.807) is 0 Å². The smallest absolute Gasteiger partial charge is 0.191 e. The largest absolute Gasteiger partial charge is 0.356 e. The third-order valence-corrected chi connectivity index (χ3v) is 6.16. The van der Waals surface area contributed by atoms with Crippen molar-refractivity contribution >= 4 is 17.3 Å². The molecule has 0 radical (unpaired) electrons. The lowest BCUT2D eigenvalue weighted by Crippen LogP contribution is -2.44. The molecule has 134 valence electrons. The zero-order valence-corrected chi connectivity index (χ0v) is 15.8. The Morgan fingerprint density at radius 3 is 2.79 bits per heavy atom. The van der Waals surface area contributed by atoms with Crippen LogP contribution in [-0.4, -0.2) is 69.1 Å². The molecule has 24 heavy (non-hydrogen) atoms. The highest BCUT2D eigenvalue weighted by molar-refractivity contribution is 7.10. The van der Waals surface area contributed by atoms with Crippen molar-refractivity contribution < 1.29 is 0 Å². The minimum absolute atomic E-state index is 0.462. The summed E-state index contributed by atoms with van der Waals surface area (Å²) >= 11 is 1.86. The van der Waals surface area contributed by atoms with Gasteiger partial charge in [0.1, 0.15) is 0 Å². The summed E-state index contributed by atoms with van der Waals surface area (Å²) in [6.45, 7) is 6.76. The highest BCUT2D eigenvalue weighted by Gasteiger charge is 2.24. The van der Waals surface area contributed by atoms with Crippen molar-refractivity contribution in [3.05, 3.63) is 22.4 Å². The molecule has 2 unspecified atom stereocenters. The van der Waals surface area contributed by atoms with Crippen LogP contribution >= 0.6 is 11.3 Å². The molecule has 2 N–H and O–H groups in total. The average Bonchev–Trinajstić information content (AvgIpc) is 3.33. The molecule has 0 aliphatic carbocycles. The van der Waals surface area contributed by atoms with Gasteiger partial charge in [0.2, 0.25) is 0 Å². The lowest BCUT2D eigenvalue weighted by molar-refractivity contribution is 0.249. The molecule has 0 spiro atoms. The number of guanidine groups is 1. The minimum Gasteiger partial charge on any atom is -0.356 e. The Kier molecular flexibility index (Phi) is 6.51. The van der Waals surface area contributed by atoms with Gasteiger partial charge in [-0.1, -0.05) is 6.07 Å². The summed E-state index contributed by atoms with van der Waals surface area (Å²) in [7, 11) is 4.07. The Labute approximate surface area is 150 Å². The summed E-state index contributed by atoms with van der Waals surface area (Å²) in [5.74, 6) is 1.67. The highest BCUT2D eigenvalue weighted by atomic mass is 32.1. The molecule has 2 saturated heterocycles. The van der Waals surface area contributed by atoms with E-state index in [2.05, 4.69) is 50.0 Å². The first-order chi connectivity index (χ1) is 11.8. The number of likely N-dealkylation sites (tertiary alicyclic amines) is 2. The molecule has 0 amide bonds. The van der Waals surface area contributed by atoms with Crippen molar-refractivity contribution in [1.29, 1.82) is 0 Å². The maximum absolute atomic E-state index is 4.41. The Hall–Kier alpha value is -1.11. The number of nitrogens with one attached hydrogen (secondary N) is 2. The summed E-state index contributed by atoms with van der Waals surface area (Å²) in [5, 5.41) is 9.26. The van der Waals surface area contributed by atoms with Crippen molar-refractivity contribution in [3.8, 4) is 0 Å². The van der Waals surface area contributed by atoms with Crippen LogP contribution in [0.5, 0.6) is 0 Å².